The Balaban J connectivity index is 6.69. The van der Waals surface area contributed by atoms with E-state index in [0.717, 1.165) is 0 Å². The van der Waals surface area contributed by atoms with Gasteiger partial charge in [-0.1, -0.05) is 6.92 Å². The molecule has 66 heavy (non-hydrogen) atoms. The van der Waals surface area contributed by atoms with E-state index in [-0.39, 0.29) is 57.8 Å². The molecule has 0 aliphatic rings. The first kappa shape index (κ1) is 60.4. The Hall–Kier alpha value is -5.56. The molecule has 4 N–H and O–H groups in total. The molecule has 0 heterocycles. The minimum atomic E-state index is -1.66. The number of nitrogens with one attached hydrogen (secondary N) is 4. The maximum atomic E-state index is 14.3. The second-order valence-electron chi connectivity index (χ2n) is 19.7. The third kappa shape index (κ3) is 29.8. The fourth-order valence-electron chi connectivity index (χ4n) is 6.09. The van der Waals surface area contributed by atoms with Crippen LogP contribution in [0.4, 0.5) is 0 Å². The highest BCUT2D eigenvalue weighted by Gasteiger charge is 2.42. The Bertz CT molecular complexity index is 1760. The maximum Gasteiger partial charge on any atom is 0.306 e. The van der Waals surface area contributed by atoms with Crippen molar-refractivity contribution in [3.8, 4) is 0 Å². The Labute approximate surface area is 388 Å². The maximum absolute atomic E-state index is 14.3. The number of ketones is 4. The highest BCUT2D eigenvalue weighted by Crippen LogP contribution is 2.30. The van der Waals surface area contributed by atoms with Gasteiger partial charge >= 0.3 is 23.9 Å². The van der Waals surface area contributed by atoms with Crippen LogP contribution in [0, 0.1) is 17.8 Å². The van der Waals surface area contributed by atoms with Crippen LogP contribution in [0.25, 0.3) is 0 Å². The van der Waals surface area contributed by atoms with E-state index in [4.69, 9.17) is 18.9 Å². The molecule has 20 nitrogen and oxygen atoms in total. The van der Waals surface area contributed by atoms with E-state index in [1.54, 1.807) is 83.1 Å². The molecule has 3 atom stereocenters. The molecule has 0 aromatic rings. The molecule has 0 spiro atoms. The van der Waals surface area contributed by atoms with Gasteiger partial charge in [0.1, 0.15) is 22.4 Å². The monoisotopic (exact) mass is 939 g/mol. The largest absolute Gasteiger partial charge is 0.460 e. The second-order valence-corrected chi connectivity index (χ2v) is 19.7. The molecular weight excluding hydrogens is 865 g/mol. The number of ether oxygens (including phenoxy) is 4. The van der Waals surface area contributed by atoms with E-state index in [2.05, 4.69) is 21.3 Å². The van der Waals surface area contributed by atoms with E-state index in [1.165, 1.54) is 6.92 Å². The lowest BCUT2D eigenvalue weighted by Crippen LogP contribution is -2.48. The number of carbonyl (C=O) groups excluding carboxylic acids is 12. The van der Waals surface area contributed by atoms with Crippen molar-refractivity contribution in [3.63, 3.8) is 0 Å². The highest BCUT2D eigenvalue weighted by molar-refractivity contribution is 6.01. The zero-order chi connectivity index (χ0) is 51.2. The van der Waals surface area contributed by atoms with Crippen molar-refractivity contribution in [1.82, 2.24) is 21.3 Å². The van der Waals surface area contributed by atoms with Crippen LogP contribution in [-0.4, -0.2) is 119 Å². The number of rotatable bonds is 28. The summed E-state index contributed by atoms with van der Waals surface area (Å²) in [6, 6.07) is 0. The van der Waals surface area contributed by atoms with E-state index in [0.29, 0.717) is 0 Å². The van der Waals surface area contributed by atoms with Crippen LogP contribution in [0.15, 0.2) is 0 Å². The van der Waals surface area contributed by atoms with Crippen LogP contribution >= 0.6 is 0 Å². The van der Waals surface area contributed by atoms with E-state index in [1.807, 2.05) is 0 Å². The lowest BCUT2D eigenvalue weighted by molar-refractivity contribution is -0.156. The van der Waals surface area contributed by atoms with Gasteiger partial charge in [0.15, 0.2) is 23.1 Å². The zero-order valence-electron chi connectivity index (χ0n) is 41.2. The molecule has 4 amide bonds. The first-order valence-electron chi connectivity index (χ1n) is 22.1. The molecule has 0 saturated carbocycles. The van der Waals surface area contributed by atoms with E-state index >= 15 is 0 Å². The Morgan fingerprint density at radius 3 is 0.894 bits per heavy atom. The average Bonchev–Trinajstić information content (AvgIpc) is 3.15. The molecule has 0 aromatic heterocycles. The minimum Gasteiger partial charge on any atom is -0.460 e. The Kier molecular flexibility index (Phi) is 25.5. The summed E-state index contributed by atoms with van der Waals surface area (Å²) in [5.41, 5.74) is -3.25. The molecule has 0 fully saturated rings. The third-order valence-corrected chi connectivity index (χ3v) is 8.72. The van der Waals surface area contributed by atoms with Crippen LogP contribution in [0.5, 0.6) is 0 Å². The molecule has 20 heteroatoms. The molecule has 0 rings (SSSR count). The summed E-state index contributed by atoms with van der Waals surface area (Å²) in [6.07, 6.45) is -3.62. The number of Topliss-reactive ketones (excluding diaryl/α,β-unsaturated/α-hetero) is 4. The standard InChI is InChI=1S/C46H74N4O16/c1-14-29(31(52)25-48-35(56)16-20-39(60)64-44(5,6)7)42(33(54)27-50-37(58)18-22-41(62)66-46(11,12)13)30(32(53)26-49-36(57)17-21-40(61)65-45(8,9)10)23-28(51)24-47-34(55)15-19-38(59)63-43(2,3)4/h29-30,42H,14-27H2,1-13H3,(H,47,55)(H,48,56)(H,49,57)(H,50,58). The summed E-state index contributed by atoms with van der Waals surface area (Å²) in [5.74, 6) is -13.6. The van der Waals surface area contributed by atoms with Crippen molar-refractivity contribution in [3.05, 3.63) is 0 Å². The topological polar surface area (TPSA) is 290 Å². The number of esters is 4. The summed E-state index contributed by atoms with van der Waals surface area (Å²) >= 11 is 0. The predicted octanol–water partition coefficient (Wildman–Crippen LogP) is 2.86. The third-order valence-electron chi connectivity index (χ3n) is 8.72. The van der Waals surface area contributed by atoms with Gasteiger partial charge < -0.3 is 40.2 Å². The van der Waals surface area contributed by atoms with Crippen LogP contribution in [-0.2, 0) is 76.5 Å². The van der Waals surface area contributed by atoms with Crippen molar-refractivity contribution in [2.45, 2.75) is 177 Å². The highest BCUT2D eigenvalue weighted by atomic mass is 16.6. The van der Waals surface area contributed by atoms with Gasteiger partial charge in [0.05, 0.1) is 51.9 Å². The van der Waals surface area contributed by atoms with Gasteiger partial charge in [0.2, 0.25) is 23.6 Å². The number of hydrogen-bond acceptors (Lipinski definition) is 16. The van der Waals surface area contributed by atoms with Crippen LogP contribution in [0.2, 0.25) is 0 Å². The first-order chi connectivity index (χ1) is 30.1. The quantitative estimate of drug-likeness (QED) is 0.0648. The zero-order valence-corrected chi connectivity index (χ0v) is 41.2. The van der Waals surface area contributed by atoms with Crippen molar-refractivity contribution in [1.29, 1.82) is 0 Å². The van der Waals surface area contributed by atoms with Gasteiger partial charge in [0.25, 0.3) is 0 Å². The molecule has 0 bridgehead atoms. The molecule has 0 saturated heterocycles. The molecule has 0 aromatic carbocycles. The summed E-state index contributed by atoms with van der Waals surface area (Å²) in [5, 5.41) is 9.53. The molecule has 0 aliphatic heterocycles. The van der Waals surface area contributed by atoms with Gasteiger partial charge in [-0.15, -0.1) is 0 Å². The lowest BCUT2D eigenvalue weighted by atomic mass is 9.71. The summed E-state index contributed by atoms with van der Waals surface area (Å²) in [7, 11) is 0. The van der Waals surface area contributed by atoms with Gasteiger partial charge in [0, 0.05) is 49.9 Å². The van der Waals surface area contributed by atoms with Gasteiger partial charge in [-0.05, 0) is 89.5 Å². The minimum absolute atomic E-state index is 0.128. The number of hydrogen-bond donors (Lipinski definition) is 4. The molecule has 0 radical (unpaired) electrons. The molecule has 374 valence electrons. The van der Waals surface area contributed by atoms with Crippen molar-refractivity contribution < 1.29 is 76.5 Å². The van der Waals surface area contributed by atoms with Gasteiger partial charge in [-0.2, -0.15) is 0 Å². The molecule has 3 unspecified atom stereocenters. The second kappa shape index (κ2) is 27.8. The van der Waals surface area contributed by atoms with E-state index < -0.39 is 143 Å². The lowest BCUT2D eigenvalue weighted by Gasteiger charge is -2.31. The molecule has 0 aliphatic carbocycles. The summed E-state index contributed by atoms with van der Waals surface area (Å²) in [4.78, 5) is 156. The fraction of sp³-hybridized carbons (Fsp3) is 0.739. The first-order valence-corrected chi connectivity index (χ1v) is 22.1. The number of carbonyl (C=O) groups is 12. The van der Waals surface area contributed by atoms with Gasteiger partial charge in [-0.25, -0.2) is 0 Å². The van der Waals surface area contributed by atoms with E-state index in [9.17, 15) is 57.5 Å². The predicted molar refractivity (Wildman–Crippen MR) is 238 cm³/mol. The Morgan fingerprint density at radius 2 is 0.621 bits per heavy atom. The van der Waals surface area contributed by atoms with Crippen molar-refractivity contribution >= 4 is 70.6 Å². The van der Waals surface area contributed by atoms with Crippen molar-refractivity contribution in [2.24, 2.45) is 17.8 Å². The SMILES string of the molecule is CCC(C(=O)CNC(=O)CCC(=O)OC(C)(C)C)C(C(=O)CNC(=O)CCC(=O)OC(C)(C)C)C(CC(=O)CNC(=O)CCC(=O)OC(C)(C)C)C(=O)CNC(=O)CCC(=O)OC(C)(C)C. The smallest absolute Gasteiger partial charge is 0.306 e. The van der Waals surface area contributed by atoms with Crippen LogP contribution in [0.3, 0.4) is 0 Å². The van der Waals surface area contributed by atoms with Crippen LogP contribution < -0.4 is 21.3 Å². The summed E-state index contributed by atoms with van der Waals surface area (Å²) < 4.78 is 20.8. The van der Waals surface area contributed by atoms with Crippen molar-refractivity contribution in [2.75, 3.05) is 26.2 Å². The average molecular weight is 939 g/mol. The number of amides is 4. The molecular formula is C46H74N4O16. The van der Waals surface area contributed by atoms with Crippen LogP contribution in [0.1, 0.15) is 154 Å². The van der Waals surface area contributed by atoms with Gasteiger partial charge in [-0.3, -0.25) is 57.5 Å². The summed E-state index contributed by atoms with van der Waals surface area (Å²) in [6.45, 7) is 18.4. The Morgan fingerprint density at radius 1 is 0.364 bits per heavy atom. The normalized spacial score (nSPS) is 13.1. The fourth-order valence-corrected chi connectivity index (χ4v) is 6.09.